The number of carbonyl (C=O) groups excluding carboxylic acids is 1. The maximum Gasteiger partial charge on any atom is 0.312 e. The lowest BCUT2D eigenvalue weighted by molar-refractivity contribution is -0.386. The third-order valence-electron chi connectivity index (χ3n) is 2.67. The average molecular weight is 406 g/mol. The lowest BCUT2D eigenvalue weighted by Gasteiger charge is -2.09. The number of rotatable bonds is 3. The molecule has 1 amide bonds. The lowest BCUT2D eigenvalue weighted by Crippen LogP contribution is -2.13. The fourth-order valence-electron chi connectivity index (χ4n) is 1.68. The van der Waals surface area contributed by atoms with Gasteiger partial charge in [-0.3, -0.25) is 14.9 Å². The van der Waals surface area contributed by atoms with Gasteiger partial charge in [-0.1, -0.05) is 39.1 Å². The highest BCUT2D eigenvalue weighted by atomic mass is 79.9. The second-order valence-electron chi connectivity index (χ2n) is 4.16. The summed E-state index contributed by atoms with van der Waals surface area (Å²) in [6, 6.07) is 6.81. The molecular formula is C13H7BrCl2N2O4. The molecule has 2 rings (SSSR count). The van der Waals surface area contributed by atoms with Gasteiger partial charge in [0.2, 0.25) is 5.75 Å². The summed E-state index contributed by atoms with van der Waals surface area (Å²) < 4.78 is 0.277. The van der Waals surface area contributed by atoms with Crippen LogP contribution in [0.1, 0.15) is 10.4 Å². The van der Waals surface area contributed by atoms with E-state index >= 15 is 0 Å². The summed E-state index contributed by atoms with van der Waals surface area (Å²) in [6.07, 6.45) is 0. The van der Waals surface area contributed by atoms with Crippen LogP contribution in [-0.2, 0) is 0 Å². The minimum atomic E-state index is -0.788. The zero-order valence-electron chi connectivity index (χ0n) is 10.6. The molecule has 0 fully saturated rings. The first-order valence-corrected chi connectivity index (χ1v) is 7.28. The Morgan fingerprint density at radius 1 is 1.27 bits per heavy atom. The number of carbonyl (C=O) groups is 1. The number of nitrogens with zero attached hydrogens (tertiary/aromatic N) is 1. The van der Waals surface area contributed by atoms with Crippen LogP contribution in [-0.4, -0.2) is 15.9 Å². The molecule has 2 N–H and O–H groups in total. The van der Waals surface area contributed by atoms with Crippen LogP contribution in [0.15, 0.2) is 34.8 Å². The number of nitro benzene ring substituents is 1. The van der Waals surface area contributed by atoms with Crippen molar-refractivity contribution in [1.29, 1.82) is 0 Å². The molecule has 2 aromatic rings. The second-order valence-corrected chi connectivity index (χ2v) is 5.92. The highest BCUT2D eigenvalue weighted by Crippen LogP contribution is 2.34. The zero-order chi connectivity index (χ0) is 16.4. The second kappa shape index (κ2) is 6.51. The van der Waals surface area contributed by atoms with E-state index < -0.39 is 22.3 Å². The number of halogens is 3. The Bertz CT molecular complexity index is 783. The summed E-state index contributed by atoms with van der Waals surface area (Å²) >= 11 is 14.8. The summed E-state index contributed by atoms with van der Waals surface area (Å²) in [5.41, 5.74) is -0.630. The van der Waals surface area contributed by atoms with Gasteiger partial charge in [-0.05, 0) is 24.3 Å². The van der Waals surface area contributed by atoms with Gasteiger partial charge < -0.3 is 10.4 Å². The zero-order valence-corrected chi connectivity index (χ0v) is 13.7. The highest BCUT2D eigenvalue weighted by molar-refractivity contribution is 9.10. The number of nitro groups is 1. The van der Waals surface area contributed by atoms with E-state index in [2.05, 4.69) is 21.2 Å². The number of benzene rings is 2. The number of hydrogen-bond acceptors (Lipinski definition) is 4. The predicted octanol–water partition coefficient (Wildman–Crippen LogP) is 4.62. The van der Waals surface area contributed by atoms with Crippen molar-refractivity contribution in [2.75, 3.05) is 5.32 Å². The minimum absolute atomic E-state index is 0.223. The van der Waals surface area contributed by atoms with Gasteiger partial charge in [0.1, 0.15) is 0 Å². The molecule has 0 saturated carbocycles. The Morgan fingerprint density at radius 2 is 1.95 bits per heavy atom. The van der Waals surface area contributed by atoms with Crippen molar-refractivity contribution in [2.24, 2.45) is 0 Å². The molecular weight excluding hydrogens is 399 g/mol. The molecule has 9 heteroatoms. The monoisotopic (exact) mass is 404 g/mol. The topological polar surface area (TPSA) is 92.5 Å². The molecule has 0 radical (unpaired) electrons. The number of phenolic OH excluding ortho intramolecular Hbond substituents is 1. The van der Waals surface area contributed by atoms with Crippen molar-refractivity contribution in [3.05, 3.63) is 60.5 Å². The Labute approximate surface area is 142 Å². The van der Waals surface area contributed by atoms with Crippen molar-refractivity contribution in [3.63, 3.8) is 0 Å². The smallest absolute Gasteiger partial charge is 0.312 e. The largest absolute Gasteiger partial charge is 0.502 e. The van der Waals surface area contributed by atoms with Gasteiger partial charge in [0.05, 0.1) is 21.2 Å². The van der Waals surface area contributed by atoms with E-state index in [-0.39, 0.29) is 20.7 Å². The van der Waals surface area contributed by atoms with E-state index in [0.717, 1.165) is 6.07 Å². The fourth-order valence-corrected chi connectivity index (χ4v) is 2.46. The SMILES string of the molecule is O=C(Nc1cc(Cl)ccc1Cl)c1cc(Br)cc([N+](=O)[O-])c1O. The predicted molar refractivity (Wildman–Crippen MR) is 86.9 cm³/mol. The van der Waals surface area contributed by atoms with Crippen molar-refractivity contribution in [3.8, 4) is 5.75 Å². The third kappa shape index (κ3) is 3.49. The quantitative estimate of drug-likeness (QED) is 0.575. The van der Waals surface area contributed by atoms with Gasteiger partial charge >= 0.3 is 5.69 Å². The first kappa shape index (κ1) is 16.5. The van der Waals surface area contributed by atoms with Crippen molar-refractivity contribution < 1.29 is 14.8 Å². The molecule has 0 aliphatic heterocycles. The number of aromatic hydroxyl groups is 1. The van der Waals surface area contributed by atoms with Crippen LogP contribution in [0.5, 0.6) is 5.75 Å². The third-order valence-corrected chi connectivity index (χ3v) is 3.70. The molecule has 114 valence electrons. The molecule has 0 heterocycles. The van der Waals surface area contributed by atoms with Crippen LogP contribution >= 0.6 is 39.1 Å². The number of hydrogen-bond donors (Lipinski definition) is 2. The van der Waals surface area contributed by atoms with E-state index in [4.69, 9.17) is 23.2 Å². The van der Waals surface area contributed by atoms with E-state index in [1.807, 2.05) is 0 Å². The fraction of sp³-hybridized carbons (Fsp3) is 0. The normalized spacial score (nSPS) is 10.3. The summed E-state index contributed by atoms with van der Waals surface area (Å²) in [7, 11) is 0. The minimum Gasteiger partial charge on any atom is -0.502 e. The van der Waals surface area contributed by atoms with E-state index in [1.54, 1.807) is 6.07 Å². The van der Waals surface area contributed by atoms with Crippen LogP contribution in [0.2, 0.25) is 10.0 Å². The van der Waals surface area contributed by atoms with Crippen molar-refractivity contribution in [2.45, 2.75) is 0 Å². The van der Waals surface area contributed by atoms with Crippen molar-refractivity contribution in [1.82, 2.24) is 0 Å². The number of amides is 1. The van der Waals surface area contributed by atoms with Crippen LogP contribution in [0, 0.1) is 10.1 Å². The van der Waals surface area contributed by atoms with Crippen LogP contribution in [0.25, 0.3) is 0 Å². The van der Waals surface area contributed by atoms with Gasteiger partial charge in [-0.25, -0.2) is 0 Å². The molecule has 0 unspecified atom stereocenters. The molecule has 2 aromatic carbocycles. The van der Waals surface area contributed by atoms with Gasteiger partial charge in [0.15, 0.2) is 0 Å². The number of nitrogens with one attached hydrogen (secondary N) is 1. The molecule has 0 aliphatic rings. The Morgan fingerprint density at radius 3 is 2.59 bits per heavy atom. The Kier molecular flexibility index (Phi) is 4.90. The van der Waals surface area contributed by atoms with Crippen LogP contribution < -0.4 is 5.32 Å². The van der Waals surface area contributed by atoms with E-state index in [9.17, 15) is 20.0 Å². The summed E-state index contributed by atoms with van der Waals surface area (Å²) in [4.78, 5) is 22.3. The highest BCUT2D eigenvalue weighted by Gasteiger charge is 2.23. The first-order valence-electron chi connectivity index (χ1n) is 5.73. The van der Waals surface area contributed by atoms with Gasteiger partial charge in [-0.15, -0.1) is 0 Å². The van der Waals surface area contributed by atoms with Crippen LogP contribution in [0.3, 0.4) is 0 Å². The maximum atomic E-state index is 12.2. The molecule has 6 nitrogen and oxygen atoms in total. The summed E-state index contributed by atoms with van der Waals surface area (Å²) in [5, 5.41) is 23.8. The lowest BCUT2D eigenvalue weighted by atomic mass is 10.1. The summed E-state index contributed by atoms with van der Waals surface area (Å²) in [5.74, 6) is -1.49. The number of anilines is 1. The van der Waals surface area contributed by atoms with Crippen LogP contribution in [0.4, 0.5) is 11.4 Å². The maximum absolute atomic E-state index is 12.2. The Balaban J connectivity index is 2.42. The molecule has 0 atom stereocenters. The van der Waals surface area contributed by atoms with Gasteiger partial charge in [-0.2, -0.15) is 0 Å². The van der Waals surface area contributed by atoms with E-state index in [0.29, 0.717) is 5.02 Å². The summed E-state index contributed by atoms with van der Waals surface area (Å²) in [6.45, 7) is 0. The van der Waals surface area contributed by atoms with Gasteiger partial charge in [0.25, 0.3) is 5.91 Å². The first-order chi connectivity index (χ1) is 10.3. The molecule has 0 aliphatic carbocycles. The standard InChI is InChI=1S/C13H7BrCl2N2O4/c14-6-3-8(12(19)11(4-6)18(21)22)13(20)17-10-5-7(15)1-2-9(10)16/h1-5,19H,(H,17,20). The molecule has 0 saturated heterocycles. The van der Waals surface area contributed by atoms with Crippen molar-refractivity contribution >= 4 is 56.4 Å². The Hall–Kier alpha value is -1.83. The number of phenols is 1. The molecule has 22 heavy (non-hydrogen) atoms. The van der Waals surface area contributed by atoms with Gasteiger partial charge in [0, 0.05) is 15.6 Å². The molecule has 0 spiro atoms. The molecule has 0 bridgehead atoms. The molecule has 0 aromatic heterocycles. The van der Waals surface area contributed by atoms with E-state index in [1.165, 1.54) is 18.2 Å². The average Bonchev–Trinajstić information content (AvgIpc) is 2.44.